The highest BCUT2D eigenvalue weighted by atomic mass is 28.4. The minimum Gasteiger partial charge on any atom is -0.410 e. The molecule has 0 bridgehead atoms. The molecule has 1 rings (SSSR count). The first-order valence-electron chi connectivity index (χ1n) is 8.44. The van der Waals surface area contributed by atoms with Crippen molar-refractivity contribution in [1.29, 1.82) is 0 Å². The fourth-order valence-electron chi connectivity index (χ4n) is 3.33. The molecule has 1 aliphatic rings. The van der Waals surface area contributed by atoms with E-state index in [1.54, 1.807) is 0 Å². The molecule has 1 unspecified atom stereocenters. The number of hydrogen-bond acceptors (Lipinski definition) is 4. The quantitative estimate of drug-likeness (QED) is 0.485. The summed E-state index contributed by atoms with van der Waals surface area (Å²) in [4.78, 5) is 33.8. The van der Waals surface area contributed by atoms with Gasteiger partial charge in [-0.05, 0) is 38.6 Å². The molecule has 1 amide bonds. The summed E-state index contributed by atoms with van der Waals surface area (Å²) in [6.45, 7) is 7.51. The molecular weight excluding hydrogens is 284 g/mol. The molecule has 4 N–H and O–H groups in total. The second-order valence-corrected chi connectivity index (χ2v) is 9.14. The van der Waals surface area contributed by atoms with Crippen molar-refractivity contribution in [3.05, 3.63) is 0 Å². The van der Waals surface area contributed by atoms with E-state index in [4.69, 9.17) is 0 Å². The van der Waals surface area contributed by atoms with Gasteiger partial charge in [0.2, 0.25) is 5.91 Å². The molecule has 0 aromatic rings. The largest absolute Gasteiger partial charge is 0.410 e. The highest BCUT2D eigenvalue weighted by molar-refractivity contribution is 6.68. The predicted octanol–water partition coefficient (Wildman–Crippen LogP) is 1.43. The van der Waals surface area contributed by atoms with Crippen molar-refractivity contribution in [3.8, 4) is 0 Å². The Morgan fingerprint density at radius 1 is 1.19 bits per heavy atom. The maximum Gasteiger partial charge on any atom is 0.354 e. The normalized spacial score (nSPS) is 24.0. The summed E-state index contributed by atoms with van der Waals surface area (Å²) >= 11 is 0. The van der Waals surface area contributed by atoms with Gasteiger partial charge in [0.1, 0.15) is 0 Å². The third-order valence-electron chi connectivity index (χ3n) is 4.51. The summed E-state index contributed by atoms with van der Waals surface area (Å²) in [5, 5.41) is 6.19. The molecule has 0 saturated heterocycles. The van der Waals surface area contributed by atoms with Crippen molar-refractivity contribution >= 4 is 14.5 Å². The Morgan fingerprint density at radius 3 is 2.43 bits per heavy atom. The first-order chi connectivity index (χ1) is 9.98. The van der Waals surface area contributed by atoms with Gasteiger partial charge in [0.05, 0.1) is 5.67 Å². The third kappa shape index (κ3) is 4.77. The standard InChI is InChI=1S/C15H32N2O3Si/c1-4-10-16-14(6-3)21(19,20)13-9-7-8-12(13)15(18)17-11-5-2/h12-14,16,19-20H,4-11H2,1-3H3,(H,17,18)/t12?,13-,14-/m1/s1. The maximum atomic E-state index is 12.3. The lowest BCUT2D eigenvalue weighted by atomic mass is 10.1. The lowest BCUT2D eigenvalue weighted by molar-refractivity contribution is -0.125. The molecule has 124 valence electrons. The minimum atomic E-state index is -3.47. The van der Waals surface area contributed by atoms with Crippen molar-refractivity contribution in [1.82, 2.24) is 10.6 Å². The molecule has 1 fully saturated rings. The van der Waals surface area contributed by atoms with E-state index < -0.39 is 8.56 Å². The van der Waals surface area contributed by atoms with Crippen LogP contribution in [0.2, 0.25) is 5.54 Å². The van der Waals surface area contributed by atoms with Gasteiger partial charge >= 0.3 is 8.56 Å². The SMILES string of the molecule is CCCNC(=O)C1CCC[C@H]1[Si](O)(O)[C@H](CC)NCCC. The summed E-state index contributed by atoms with van der Waals surface area (Å²) in [6, 6.07) is 0. The summed E-state index contributed by atoms with van der Waals surface area (Å²) in [5.74, 6) is -0.222. The zero-order valence-electron chi connectivity index (χ0n) is 13.7. The second-order valence-electron chi connectivity index (χ2n) is 6.13. The van der Waals surface area contributed by atoms with E-state index in [0.29, 0.717) is 13.0 Å². The molecule has 0 spiro atoms. The minimum absolute atomic E-state index is 0.00432. The lowest BCUT2D eigenvalue weighted by Gasteiger charge is -2.35. The van der Waals surface area contributed by atoms with Crippen LogP contribution in [0.25, 0.3) is 0 Å². The highest BCUT2D eigenvalue weighted by Gasteiger charge is 2.52. The van der Waals surface area contributed by atoms with Gasteiger partial charge in [0.15, 0.2) is 0 Å². The number of hydrogen-bond donors (Lipinski definition) is 4. The Hall–Kier alpha value is -0.433. The average Bonchev–Trinajstić information content (AvgIpc) is 2.95. The smallest absolute Gasteiger partial charge is 0.354 e. The Balaban J connectivity index is 2.76. The van der Waals surface area contributed by atoms with Gasteiger partial charge in [-0.1, -0.05) is 27.2 Å². The van der Waals surface area contributed by atoms with Gasteiger partial charge in [0.25, 0.3) is 0 Å². The fraction of sp³-hybridized carbons (Fsp3) is 0.933. The van der Waals surface area contributed by atoms with Crippen molar-refractivity contribution < 1.29 is 14.4 Å². The molecule has 0 aromatic heterocycles. The van der Waals surface area contributed by atoms with E-state index in [-0.39, 0.29) is 23.0 Å². The molecule has 21 heavy (non-hydrogen) atoms. The Labute approximate surface area is 129 Å². The molecule has 1 aliphatic carbocycles. The first kappa shape index (κ1) is 18.6. The highest BCUT2D eigenvalue weighted by Crippen LogP contribution is 2.43. The Bertz CT molecular complexity index is 326. The van der Waals surface area contributed by atoms with Gasteiger partial charge in [0, 0.05) is 18.0 Å². The van der Waals surface area contributed by atoms with Crippen molar-refractivity contribution in [2.24, 2.45) is 5.92 Å². The molecule has 0 radical (unpaired) electrons. The number of carbonyl (C=O) groups excluding carboxylic acids is 1. The van der Waals surface area contributed by atoms with Crippen LogP contribution < -0.4 is 10.6 Å². The van der Waals surface area contributed by atoms with Gasteiger partial charge in [-0.15, -0.1) is 0 Å². The molecule has 3 atom stereocenters. The Morgan fingerprint density at radius 2 is 1.86 bits per heavy atom. The van der Waals surface area contributed by atoms with E-state index in [0.717, 1.165) is 38.6 Å². The zero-order valence-corrected chi connectivity index (χ0v) is 14.7. The first-order valence-corrected chi connectivity index (χ1v) is 10.5. The Kier molecular flexibility index (Phi) is 7.87. The van der Waals surface area contributed by atoms with Crippen LogP contribution in [-0.2, 0) is 4.79 Å². The van der Waals surface area contributed by atoms with E-state index in [1.807, 2.05) is 13.8 Å². The molecule has 0 heterocycles. The van der Waals surface area contributed by atoms with Crippen LogP contribution in [0, 0.1) is 5.92 Å². The van der Waals surface area contributed by atoms with E-state index in [2.05, 4.69) is 17.6 Å². The molecule has 0 aliphatic heterocycles. The number of amides is 1. The fourth-order valence-corrected chi connectivity index (χ4v) is 6.44. The van der Waals surface area contributed by atoms with E-state index in [9.17, 15) is 14.4 Å². The molecule has 5 nitrogen and oxygen atoms in total. The van der Waals surface area contributed by atoms with Gasteiger partial charge in [-0.25, -0.2) is 0 Å². The molecule has 0 aromatic carbocycles. The lowest BCUT2D eigenvalue weighted by Crippen LogP contribution is -2.60. The van der Waals surface area contributed by atoms with Crippen LogP contribution in [0.5, 0.6) is 0 Å². The van der Waals surface area contributed by atoms with Crippen molar-refractivity contribution in [2.45, 2.75) is 70.5 Å². The van der Waals surface area contributed by atoms with Gasteiger partial charge < -0.3 is 20.2 Å². The van der Waals surface area contributed by atoms with Crippen LogP contribution in [0.1, 0.15) is 59.3 Å². The van der Waals surface area contributed by atoms with Gasteiger partial charge in [-0.2, -0.15) is 0 Å². The summed E-state index contributed by atoms with van der Waals surface area (Å²) in [6.07, 6.45) is 5.01. The number of carbonyl (C=O) groups is 1. The van der Waals surface area contributed by atoms with E-state index >= 15 is 0 Å². The zero-order chi connectivity index (χ0) is 15.9. The molecule has 1 saturated carbocycles. The predicted molar refractivity (Wildman–Crippen MR) is 87.0 cm³/mol. The summed E-state index contributed by atoms with van der Waals surface area (Å²) < 4.78 is 0. The summed E-state index contributed by atoms with van der Waals surface area (Å²) in [7, 11) is -3.47. The third-order valence-corrected chi connectivity index (χ3v) is 7.93. The second kappa shape index (κ2) is 8.88. The molecule has 6 heteroatoms. The van der Waals surface area contributed by atoms with Crippen LogP contribution in [0.15, 0.2) is 0 Å². The number of nitrogens with one attached hydrogen (secondary N) is 2. The van der Waals surface area contributed by atoms with Gasteiger partial charge in [-0.3, -0.25) is 4.79 Å². The van der Waals surface area contributed by atoms with Crippen molar-refractivity contribution in [2.75, 3.05) is 13.1 Å². The van der Waals surface area contributed by atoms with Crippen LogP contribution in [-0.4, -0.2) is 42.8 Å². The van der Waals surface area contributed by atoms with Crippen molar-refractivity contribution in [3.63, 3.8) is 0 Å². The number of rotatable bonds is 9. The topological polar surface area (TPSA) is 81.6 Å². The maximum absolute atomic E-state index is 12.3. The monoisotopic (exact) mass is 316 g/mol. The van der Waals surface area contributed by atoms with Crippen LogP contribution in [0.3, 0.4) is 0 Å². The van der Waals surface area contributed by atoms with Crippen LogP contribution in [0.4, 0.5) is 0 Å². The van der Waals surface area contributed by atoms with E-state index in [1.165, 1.54) is 0 Å². The average molecular weight is 317 g/mol. The summed E-state index contributed by atoms with van der Waals surface area (Å²) in [5.41, 5.74) is -0.495. The molecular formula is C15H32N2O3Si. The van der Waals surface area contributed by atoms with Crippen LogP contribution >= 0.6 is 0 Å².